The summed E-state index contributed by atoms with van der Waals surface area (Å²) < 4.78 is 25.1. The third kappa shape index (κ3) is 4.30. The van der Waals surface area contributed by atoms with E-state index in [0.717, 1.165) is 6.42 Å². The van der Waals surface area contributed by atoms with Crippen LogP contribution in [0.2, 0.25) is 0 Å². The SMILES string of the molecule is CCCNC(=O)c1ccccc1NS(=O)(=O)CBr. The maximum absolute atomic E-state index is 11.8. The molecular weight excluding hydrogens is 320 g/mol. The molecule has 5 nitrogen and oxygen atoms in total. The smallest absolute Gasteiger partial charge is 0.253 e. The first-order chi connectivity index (χ1) is 8.50. The van der Waals surface area contributed by atoms with Crippen LogP contribution in [-0.2, 0) is 10.0 Å². The van der Waals surface area contributed by atoms with E-state index in [4.69, 9.17) is 0 Å². The van der Waals surface area contributed by atoms with Crippen molar-refractivity contribution in [3.05, 3.63) is 29.8 Å². The zero-order valence-electron chi connectivity index (χ0n) is 9.94. The Hall–Kier alpha value is -1.08. The summed E-state index contributed by atoms with van der Waals surface area (Å²) in [6, 6.07) is 6.49. The van der Waals surface area contributed by atoms with E-state index in [0.29, 0.717) is 12.1 Å². The van der Waals surface area contributed by atoms with E-state index < -0.39 is 10.0 Å². The third-order valence-corrected chi connectivity index (χ3v) is 4.74. The van der Waals surface area contributed by atoms with Gasteiger partial charge in [-0.25, -0.2) is 8.42 Å². The number of benzene rings is 1. The minimum atomic E-state index is -3.46. The Bertz CT molecular complexity index is 517. The number of carbonyl (C=O) groups excluding carboxylic acids is 1. The Morgan fingerprint density at radius 3 is 2.61 bits per heavy atom. The minimum absolute atomic E-state index is 0.217. The molecule has 100 valence electrons. The minimum Gasteiger partial charge on any atom is -0.352 e. The molecule has 1 aromatic carbocycles. The fourth-order valence-corrected chi connectivity index (χ4v) is 2.21. The second-order valence-electron chi connectivity index (χ2n) is 3.63. The summed E-state index contributed by atoms with van der Waals surface area (Å²) in [7, 11) is -3.46. The highest BCUT2D eigenvalue weighted by Gasteiger charge is 2.14. The van der Waals surface area contributed by atoms with Crippen LogP contribution in [0.4, 0.5) is 5.69 Å². The molecule has 0 saturated heterocycles. The van der Waals surface area contributed by atoms with Crippen molar-refractivity contribution in [1.82, 2.24) is 5.32 Å². The Kier molecular flexibility index (Phi) is 5.61. The fourth-order valence-electron chi connectivity index (χ4n) is 1.30. The van der Waals surface area contributed by atoms with Gasteiger partial charge in [0.25, 0.3) is 5.91 Å². The van der Waals surface area contributed by atoms with Gasteiger partial charge >= 0.3 is 0 Å². The number of nitrogens with one attached hydrogen (secondary N) is 2. The van der Waals surface area contributed by atoms with E-state index in [1.807, 2.05) is 6.92 Å². The van der Waals surface area contributed by atoms with Crippen LogP contribution in [0, 0.1) is 0 Å². The van der Waals surface area contributed by atoms with Gasteiger partial charge in [0.2, 0.25) is 10.0 Å². The standard InChI is InChI=1S/C11H15BrN2O3S/c1-2-7-13-11(15)9-5-3-4-6-10(9)14-18(16,17)8-12/h3-6,14H,2,7-8H2,1H3,(H,13,15). The highest BCUT2D eigenvalue weighted by molar-refractivity contribution is 9.10. The molecule has 0 saturated carbocycles. The van der Waals surface area contributed by atoms with Crippen LogP contribution < -0.4 is 10.0 Å². The van der Waals surface area contributed by atoms with Crippen molar-refractivity contribution in [3.8, 4) is 0 Å². The van der Waals surface area contributed by atoms with Crippen molar-refractivity contribution in [1.29, 1.82) is 0 Å². The molecule has 0 aliphatic rings. The molecule has 0 fully saturated rings. The number of sulfonamides is 1. The molecule has 0 heterocycles. The Morgan fingerprint density at radius 1 is 1.33 bits per heavy atom. The van der Waals surface area contributed by atoms with Gasteiger partial charge in [-0.15, -0.1) is 0 Å². The summed E-state index contributed by atoms with van der Waals surface area (Å²) in [5.41, 5.74) is 0.598. The summed E-state index contributed by atoms with van der Waals surface area (Å²) >= 11 is 2.88. The number of hydrogen-bond acceptors (Lipinski definition) is 3. The summed E-state index contributed by atoms with van der Waals surface area (Å²) in [6.07, 6.45) is 0.820. The first-order valence-corrected chi connectivity index (χ1v) is 8.21. The van der Waals surface area contributed by atoms with Gasteiger partial charge < -0.3 is 5.32 Å². The molecule has 0 spiro atoms. The number of para-hydroxylation sites is 1. The lowest BCUT2D eigenvalue weighted by Crippen LogP contribution is -2.26. The molecule has 0 aliphatic heterocycles. The van der Waals surface area contributed by atoms with E-state index >= 15 is 0 Å². The molecule has 0 aliphatic carbocycles. The van der Waals surface area contributed by atoms with Gasteiger partial charge in [-0.2, -0.15) is 0 Å². The van der Waals surface area contributed by atoms with Crippen molar-refractivity contribution < 1.29 is 13.2 Å². The lowest BCUT2D eigenvalue weighted by molar-refractivity contribution is 0.0954. The molecular formula is C11H15BrN2O3S. The number of alkyl halides is 1. The molecule has 1 aromatic rings. The zero-order valence-corrected chi connectivity index (χ0v) is 12.3. The fraction of sp³-hybridized carbons (Fsp3) is 0.364. The number of amides is 1. The van der Waals surface area contributed by atoms with Crippen molar-refractivity contribution in [2.45, 2.75) is 13.3 Å². The number of rotatable bonds is 6. The van der Waals surface area contributed by atoms with Crippen LogP contribution in [0.25, 0.3) is 0 Å². The zero-order chi connectivity index (χ0) is 13.6. The van der Waals surface area contributed by atoms with Crippen molar-refractivity contribution >= 4 is 37.5 Å². The first-order valence-electron chi connectivity index (χ1n) is 5.44. The number of hydrogen-bond donors (Lipinski definition) is 2. The summed E-state index contributed by atoms with van der Waals surface area (Å²) in [5, 5.41) is 2.71. The number of carbonyl (C=O) groups is 1. The topological polar surface area (TPSA) is 75.3 Å². The van der Waals surface area contributed by atoms with Crippen LogP contribution in [0.5, 0.6) is 0 Å². The quantitative estimate of drug-likeness (QED) is 0.780. The van der Waals surface area contributed by atoms with Gasteiger partial charge in [-0.3, -0.25) is 9.52 Å². The second-order valence-corrected chi connectivity index (χ2v) is 6.65. The van der Waals surface area contributed by atoms with E-state index in [2.05, 4.69) is 26.0 Å². The van der Waals surface area contributed by atoms with Gasteiger partial charge in [-0.05, 0) is 18.6 Å². The van der Waals surface area contributed by atoms with Crippen molar-refractivity contribution in [3.63, 3.8) is 0 Å². The lowest BCUT2D eigenvalue weighted by Gasteiger charge is -2.11. The Morgan fingerprint density at radius 2 is 2.00 bits per heavy atom. The van der Waals surface area contributed by atoms with Gasteiger partial charge in [0.05, 0.1) is 11.3 Å². The molecule has 1 rings (SSSR count). The summed E-state index contributed by atoms with van der Waals surface area (Å²) in [4.78, 5) is 11.8. The molecule has 2 N–H and O–H groups in total. The molecule has 0 aromatic heterocycles. The Labute approximate surface area is 115 Å². The molecule has 0 atom stereocenters. The van der Waals surface area contributed by atoms with Crippen LogP contribution in [-0.4, -0.2) is 25.5 Å². The van der Waals surface area contributed by atoms with E-state index in [1.165, 1.54) is 0 Å². The predicted molar refractivity (Wildman–Crippen MR) is 75.4 cm³/mol. The molecule has 0 unspecified atom stereocenters. The van der Waals surface area contributed by atoms with Crippen molar-refractivity contribution in [2.75, 3.05) is 15.9 Å². The third-order valence-electron chi connectivity index (χ3n) is 2.12. The van der Waals surface area contributed by atoms with Crippen LogP contribution >= 0.6 is 15.9 Å². The largest absolute Gasteiger partial charge is 0.352 e. The monoisotopic (exact) mass is 334 g/mol. The van der Waals surface area contributed by atoms with Crippen molar-refractivity contribution in [2.24, 2.45) is 0 Å². The van der Waals surface area contributed by atoms with Gasteiger partial charge in [-0.1, -0.05) is 35.0 Å². The number of halogens is 1. The average Bonchev–Trinajstić information content (AvgIpc) is 2.36. The van der Waals surface area contributed by atoms with E-state index in [-0.39, 0.29) is 16.3 Å². The number of anilines is 1. The molecule has 18 heavy (non-hydrogen) atoms. The predicted octanol–water partition coefficient (Wildman–Crippen LogP) is 1.92. The van der Waals surface area contributed by atoms with Gasteiger partial charge in [0, 0.05) is 6.54 Å². The lowest BCUT2D eigenvalue weighted by atomic mass is 10.1. The molecule has 0 bridgehead atoms. The highest BCUT2D eigenvalue weighted by Crippen LogP contribution is 2.17. The summed E-state index contributed by atoms with van der Waals surface area (Å²) in [6.45, 7) is 2.50. The van der Waals surface area contributed by atoms with Crippen LogP contribution in [0.3, 0.4) is 0 Å². The normalized spacial score (nSPS) is 11.0. The maximum Gasteiger partial charge on any atom is 0.253 e. The highest BCUT2D eigenvalue weighted by atomic mass is 79.9. The molecule has 1 amide bonds. The first kappa shape index (κ1) is 15.0. The average molecular weight is 335 g/mol. The van der Waals surface area contributed by atoms with Gasteiger partial charge in [0.1, 0.15) is 4.66 Å². The molecule has 7 heteroatoms. The summed E-state index contributed by atoms with van der Waals surface area (Å²) in [5.74, 6) is -0.287. The van der Waals surface area contributed by atoms with Crippen LogP contribution in [0.15, 0.2) is 24.3 Å². The molecule has 0 radical (unpaired) electrons. The van der Waals surface area contributed by atoms with E-state index in [1.54, 1.807) is 24.3 Å². The van der Waals surface area contributed by atoms with E-state index in [9.17, 15) is 13.2 Å². The van der Waals surface area contributed by atoms with Crippen LogP contribution in [0.1, 0.15) is 23.7 Å². The maximum atomic E-state index is 11.8. The second kappa shape index (κ2) is 6.75. The Balaban J connectivity index is 2.96. The van der Waals surface area contributed by atoms with Gasteiger partial charge in [0.15, 0.2) is 0 Å².